The van der Waals surface area contributed by atoms with Crippen LogP contribution in [0.3, 0.4) is 0 Å². The van der Waals surface area contributed by atoms with Crippen LogP contribution in [0.2, 0.25) is 0 Å². The fourth-order valence-electron chi connectivity index (χ4n) is 1.46. The van der Waals surface area contributed by atoms with Gasteiger partial charge in [-0.05, 0) is 33.8 Å². The van der Waals surface area contributed by atoms with Gasteiger partial charge < -0.3 is 14.7 Å². The Morgan fingerprint density at radius 1 is 1.43 bits per heavy atom. The van der Waals surface area contributed by atoms with E-state index in [2.05, 4.69) is 15.5 Å². The molecule has 2 N–H and O–H groups in total. The minimum Gasteiger partial charge on any atom is -0.444 e. The summed E-state index contributed by atoms with van der Waals surface area (Å²) in [5.41, 5.74) is 0.748. The number of carbonyl (C=O) groups is 1. The highest BCUT2D eigenvalue weighted by Crippen LogP contribution is 2.13. The number of anilines is 1. The van der Waals surface area contributed by atoms with Gasteiger partial charge in [-0.3, -0.25) is 10.3 Å². The Labute approximate surface area is 124 Å². The van der Waals surface area contributed by atoms with Gasteiger partial charge in [0.25, 0.3) is 0 Å². The van der Waals surface area contributed by atoms with E-state index in [0.29, 0.717) is 23.6 Å². The molecule has 21 heavy (non-hydrogen) atoms. The first-order valence-corrected chi connectivity index (χ1v) is 6.60. The fourth-order valence-corrected chi connectivity index (χ4v) is 1.46. The second kappa shape index (κ2) is 7.58. The number of aromatic nitrogens is 1. The largest absolute Gasteiger partial charge is 0.444 e. The third-order valence-corrected chi connectivity index (χ3v) is 2.28. The van der Waals surface area contributed by atoms with Crippen LogP contribution in [0.25, 0.3) is 0 Å². The van der Waals surface area contributed by atoms with E-state index >= 15 is 0 Å². The molecular weight excluding hydrogens is 274 g/mol. The molecular formula is C14H21N3O4. The van der Waals surface area contributed by atoms with Crippen LogP contribution in [0.1, 0.15) is 33.3 Å². The van der Waals surface area contributed by atoms with E-state index in [9.17, 15) is 4.79 Å². The second-order valence-corrected chi connectivity index (χ2v) is 5.27. The Hall–Kier alpha value is -2.15. The molecule has 0 saturated carbocycles. The lowest BCUT2D eigenvalue weighted by Gasteiger charge is -2.19. The fraction of sp³-hybridized carbons (Fsp3) is 0.500. The standard InChI is InChI=1S/C14H21N3O4/c1-5-20-9-12(17-19)10-6-11(8-15-7-10)16-13(18)21-14(2,3)4/h6-8,19H,5,9H2,1-4H3,(H,16,18)/b17-12-. The summed E-state index contributed by atoms with van der Waals surface area (Å²) in [5, 5.41) is 14.8. The van der Waals surface area contributed by atoms with Gasteiger partial charge in [0.05, 0.1) is 18.5 Å². The first kappa shape index (κ1) is 16.9. The van der Waals surface area contributed by atoms with Crippen LogP contribution >= 0.6 is 0 Å². The van der Waals surface area contributed by atoms with E-state index in [1.165, 1.54) is 12.4 Å². The molecule has 1 aromatic heterocycles. The molecule has 0 aliphatic carbocycles. The minimum atomic E-state index is -0.582. The third kappa shape index (κ3) is 6.22. The zero-order valence-electron chi connectivity index (χ0n) is 12.7. The second-order valence-electron chi connectivity index (χ2n) is 5.27. The summed E-state index contributed by atoms with van der Waals surface area (Å²) in [6.45, 7) is 7.83. The van der Waals surface area contributed by atoms with Crippen LogP contribution < -0.4 is 5.32 Å². The first-order valence-electron chi connectivity index (χ1n) is 6.60. The number of nitrogens with zero attached hydrogens (tertiary/aromatic N) is 2. The van der Waals surface area contributed by atoms with Gasteiger partial charge in [-0.25, -0.2) is 4.79 Å². The Bertz CT molecular complexity index is 509. The van der Waals surface area contributed by atoms with Crippen molar-refractivity contribution in [3.8, 4) is 0 Å². The molecule has 1 aromatic rings. The van der Waals surface area contributed by atoms with Crippen molar-refractivity contribution < 1.29 is 19.5 Å². The third-order valence-electron chi connectivity index (χ3n) is 2.28. The number of carbonyl (C=O) groups excluding carboxylic acids is 1. The van der Waals surface area contributed by atoms with Gasteiger partial charge in [0.15, 0.2) is 0 Å². The van der Waals surface area contributed by atoms with Gasteiger partial charge in [-0.1, -0.05) is 5.16 Å². The van der Waals surface area contributed by atoms with Crippen molar-refractivity contribution in [3.63, 3.8) is 0 Å². The molecule has 0 bridgehead atoms. The molecule has 0 fully saturated rings. The predicted octanol–water partition coefficient (Wildman–Crippen LogP) is 2.64. The highest BCUT2D eigenvalue weighted by molar-refractivity contribution is 6.02. The number of amides is 1. The molecule has 0 aromatic carbocycles. The van der Waals surface area contributed by atoms with Crippen molar-refractivity contribution in [2.45, 2.75) is 33.3 Å². The number of rotatable bonds is 5. The highest BCUT2D eigenvalue weighted by atomic mass is 16.6. The lowest BCUT2D eigenvalue weighted by atomic mass is 10.2. The molecule has 116 valence electrons. The summed E-state index contributed by atoms with van der Waals surface area (Å²) in [6, 6.07) is 1.63. The average molecular weight is 295 g/mol. The number of hydrogen-bond acceptors (Lipinski definition) is 6. The normalized spacial score (nSPS) is 12.1. The summed E-state index contributed by atoms with van der Waals surface area (Å²) >= 11 is 0. The molecule has 0 atom stereocenters. The van der Waals surface area contributed by atoms with Gasteiger partial charge in [-0.15, -0.1) is 0 Å². The van der Waals surface area contributed by atoms with E-state index in [0.717, 1.165) is 0 Å². The first-order chi connectivity index (χ1) is 9.85. The van der Waals surface area contributed by atoms with E-state index < -0.39 is 11.7 Å². The molecule has 0 aliphatic rings. The summed E-state index contributed by atoms with van der Waals surface area (Å²) in [6.07, 6.45) is 2.42. The maximum absolute atomic E-state index is 11.7. The average Bonchev–Trinajstić information content (AvgIpc) is 2.37. The van der Waals surface area contributed by atoms with Gasteiger partial charge >= 0.3 is 6.09 Å². The van der Waals surface area contributed by atoms with Crippen LogP contribution in [-0.4, -0.2) is 40.8 Å². The van der Waals surface area contributed by atoms with E-state index in [4.69, 9.17) is 14.7 Å². The van der Waals surface area contributed by atoms with Gasteiger partial charge in [-0.2, -0.15) is 0 Å². The SMILES string of the molecule is CCOC/C(=N/O)c1cncc(NC(=O)OC(C)(C)C)c1. The molecule has 1 amide bonds. The van der Waals surface area contributed by atoms with Gasteiger partial charge in [0, 0.05) is 18.4 Å². The van der Waals surface area contributed by atoms with E-state index in [1.54, 1.807) is 26.8 Å². The summed E-state index contributed by atoms with van der Waals surface area (Å²) in [5.74, 6) is 0. The summed E-state index contributed by atoms with van der Waals surface area (Å²) in [7, 11) is 0. The van der Waals surface area contributed by atoms with Crippen molar-refractivity contribution in [1.29, 1.82) is 0 Å². The molecule has 7 nitrogen and oxygen atoms in total. The molecule has 1 rings (SSSR count). The molecule has 0 radical (unpaired) electrons. The molecule has 1 heterocycles. The Morgan fingerprint density at radius 3 is 2.71 bits per heavy atom. The quantitative estimate of drug-likeness (QED) is 0.495. The molecule has 7 heteroatoms. The van der Waals surface area contributed by atoms with Crippen molar-refractivity contribution in [2.75, 3.05) is 18.5 Å². The van der Waals surface area contributed by atoms with Crippen molar-refractivity contribution in [2.24, 2.45) is 5.16 Å². The smallest absolute Gasteiger partial charge is 0.412 e. The molecule has 0 aliphatic heterocycles. The zero-order chi connectivity index (χ0) is 15.9. The maximum atomic E-state index is 11.7. The van der Waals surface area contributed by atoms with Gasteiger partial charge in [0.2, 0.25) is 0 Å². The number of hydrogen-bond donors (Lipinski definition) is 2. The molecule has 0 spiro atoms. The number of nitrogens with one attached hydrogen (secondary N) is 1. The topological polar surface area (TPSA) is 93.0 Å². The van der Waals surface area contributed by atoms with E-state index in [1.807, 2.05) is 6.92 Å². The van der Waals surface area contributed by atoms with Crippen molar-refractivity contribution in [3.05, 3.63) is 24.0 Å². The van der Waals surface area contributed by atoms with Crippen LogP contribution in [0.5, 0.6) is 0 Å². The maximum Gasteiger partial charge on any atom is 0.412 e. The highest BCUT2D eigenvalue weighted by Gasteiger charge is 2.16. The summed E-state index contributed by atoms with van der Waals surface area (Å²) < 4.78 is 10.3. The summed E-state index contributed by atoms with van der Waals surface area (Å²) in [4.78, 5) is 15.7. The minimum absolute atomic E-state index is 0.157. The molecule has 0 unspecified atom stereocenters. The lowest BCUT2D eigenvalue weighted by molar-refractivity contribution is 0.0636. The lowest BCUT2D eigenvalue weighted by Crippen LogP contribution is -2.27. The monoisotopic (exact) mass is 295 g/mol. The molecule has 0 saturated heterocycles. The number of ether oxygens (including phenoxy) is 2. The van der Waals surface area contributed by atoms with Crippen LogP contribution in [0, 0.1) is 0 Å². The van der Waals surface area contributed by atoms with E-state index in [-0.39, 0.29) is 6.61 Å². The van der Waals surface area contributed by atoms with Crippen LogP contribution in [-0.2, 0) is 9.47 Å². The van der Waals surface area contributed by atoms with Crippen molar-refractivity contribution >= 4 is 17.5 Å². The Kier molecular flexibility index (Phi) is 6.10. The van der Waals surface area contributed by atoms with Crippen LogP contribution in [0.15, 0.2) is 23.6 Å². The van der Waals surface area contributed by atoms with Crippen LogP contribution in [0.4, 0.5) is 10.5 Å². The Balaban J connectivity index is 2.78. The van der Waals surface area contributed by atoms with Gasteiger partial charge in [0.1, 0.15) is 11.3 Å². The zero-order valence-corrected chi connectivity index (χ0v) is 12.7. The number of pyridine rings is 1. The number of oxime groups is 1. The van der Waals surface area contributed by atoms with Crippen molar-refractivity contribution in [1.82, 2.24) is 4.98 Å². The Morgan fingerprint density at radius 2 is 2.14 bits per heavy atom. The predicted molar refractivity (Wildman–Crippen MR) is 78.9 cm³/mol.